The van der Waals surface area contributed by atoms with Crippen molar-refractivity contribution in [3.05, 3.63) is 62.2 Å². The van der Waals surface area contributed by atoms with Crippen LogP contribution in [0.4, 0.5) is 0 Å². The largest absolute Gasteiger partial charge is 0.488 e. The van der Waals surface area contributed by atoms with E-state index in [1.165, 1.54) is 0 Å². The molecule has 0 bridgehead atoms. The van der Waals surface area contributed by atoms with Crippen molar-refractivity contribution in [1.82, 2.24) is 0 Å². The maximum Gasteiger partial charge on any atom is 0.248 e. The van der Waals surface area contributed by atoms with Gasteiger partial charge in [0, 0.05) is 16.1 Å². The molecule has 0 aliphatic heterocycles. The molecule has 0 aliphatic rings. The van der Waals surface area contributed by atoms with Crippen molar-refractivity contribution in [3.8, 4) is 5.75 Å². The van der Waals surface area contributed by atoms with Gasteiger partial charge in [0.25, 0.3) is 0 Å². The molecule has 3 nitrogen and oxygen atoms in total. The molecule has 2 N–H and O–H groups in total. The highest BCUT2D eigenvalue weighted by molar-refractivity contribution is 14.1. The number of ether oxygens (including phenoxy) is 1. The van der Waals surface area contributed by atoms with E-state index in [0.29, 0.717) is 17.2 Å². The standard InChI is InChI=1S/C14H11ClINO2/c15-11-7-9(14(17)18)5-6-10(11)8-19-13-4-2-1-3-12(13)16/h1-7H,8H2,(H2,17,18). The van der Waals surface area contributed by atoms with Crippen LogP contribution in [-0.4, -0.2) is 5.91 Å². The van der Waals surface area contributed by atoms with Crippen LogP contribution in [-0.2, 0) is 6.61 Å². The number of carbonyl (C=O) groups is 1. The number of amides is 1. The first kappa shape index (κ1) is 14.1. The van der Waals surface area contributed by atoms with Gasteiger partial charge in [-0.2, -0.15) is 0 Å². The predicted octanol–water partition coefficient (Wildman–Crippen LogP) is 3.62. The van der Waals surface area contributed by atoms with Gasteiger partial charge in [0.2, 0.25) is 5.91 Å². The van der Waals surface area contributed by atoms with E-state index in [9.17, 15) is 4.79 Å². The number of rotatable bonds is 4. The highest BCUT2D eigenvalue weighted by atomic mass is 127. The van der Waals surface area contributed by atoms with Crippen molar-refractivity contribution in [1.29, 1.82) is 0 Å². The van der Waals surface area contributed by atoms with Crippen molar-refractivity contribution >= 4 is 40.1 Å². The number of benzene rings is 2. The second-order valence-electron chi connectivity index (χ2n) is 3.89. The average molecular weight is 388 g/mol. The molecule has 0 radical (unpaired) electrons. The summed E-state index contributed by atoms with van der Waals surface area (Å²) in [4.78, 5) is 11.0. The fraction of sp³-hybridized carbons (Fsp3) is 0.0714. The van der Waals surface area contributed by atoms with Crippen LogP contribution in [0.5, 0.6) is 5.75 Å². The molecule has 98 valence electrons. The smallest absolute Gasteiger partial charge is 0.248 e. The number of nitrogens with two attached hydrogens (primary N) is 1. The molecule has 0 aromatic heterocycles. The van der Waals surface area contributed by atoms with Gasteiger partial charge in [-0.05, 0) is 46.9 Å². The van der Waals surface area contributed by atoms with Crippen LogP contribution < -0.4 is 10.5 Å². The molecule has 0 saturated heterocycles. The Hall–Kier alpha value is -1.27. The molecule has 0 aliphatic carbocycles. The van der Waals surface area contributed by atoms with Crippen LogP contribution in [0.3, 0.4) is 0 Å². The lowest BCUT2D eigenvalue weighted by molar-refractivity contribution is 0.1000. The fourth-order valence-corrected chi connectivity index (χ4v) is 2.31. The molecule has 0 fully saturated rings. The molecule has 2 rings (SSSR count). The Bertz CT molecular complexity index is 616. The van der Waals surface area contributed by atoms with E-state index in [1.807, 2.05) is 24.3 Å². The number of hydrogen-bond donors (Lipinski definition) is 1. The maximum atomic E-state index is 11.0. The van der Waals surface area contributed by atoms with Gasteiger partial charge in [-0.25, -0.2) is 0 Å². The molecule has 0 atom stereocenters. The number of hydrogen-bond acceptors (Lipinski definition) is 2. The topological polar surface area (TPSA) is 52.3 Å². The highest BCUT2D eigenvalue weighted by Gasteiger charge is 2.07. The summed E-state index contributed by atoms with van der Waals surface area (Å²) in [6.07, 6.45) is 0. The van der Waals surface area contributed by atoms with E-state index >= 15 is 0 Å². The van der Waals surface area contributed by atoms with Gasteiger partial charge in [0.15, 0.2) is 0 Å². The van der Waals surface area contributed by atoms with Gasteiger partial charge in [-0.1, -0.05) is 29.8 Å². The third kappa shape index (κ3) is 3.61. The van der Waals surface area contributed by atoms with Crippen molar-refractivity contribution in [2.45, 2.75) is 6.61 Å². The molecule has 5 heteroatoms. The summed E-state index contributed by atoms with van der Waals surface area (Å²) < 4.78 is 6.73. The molecule has 0 saturated carbocycles. The maximum absolute atomic E-state index is 11.0. The van der Waals surface area contributed by atoms with Crippen LogP contribution in [0, 0.1) is 3.57 Å². The Balaban J connectivity index is 2.12. The second-order valence-corrected chi connectivity index (χ2v) is 5.46. The van der Waals surface area contributed by atoms with Gasteiger partial charge in [-0.15, -0.1) is 0 Å². The molecule has 0 heterocycles. The first-order valence-corrected chi connectivity index (χ1v) is 6.99. The van der Waals surface area contributed by atoms with E-state index in [2.05, 4.69) is 22.6 Å². The van der Waals surface area contributed by atoms with Gasteiger partial charge in [0.05, 0.1) is 3.57 Å². The van der Waals surface area contributed by atoms with Crippen LogP contribution in [0.2, 0.25) is 5.02 Å². The summed E-state index contributed by atoms with van der Waals surface area (Å²) in [5.74, 6) is 0.310. The molecule has 2 aromatic carbocycles. The SMILES string of the molecule is NC(=O)c1ccc(COc2ccccc2I)c(Cl)c1. The second kappa shape index (κ2) is 6.25. The third-order valence-electron chi connectivity index (χ3n) is 2.56. The van der Waals surface area contributed by atoms with E-state index in [4.69, 9.17) is 22.1 Å². The highest BCUT2D eigenvalue weighted by Crippen LogP contribution is 2.23. The van der Waals surface area contributed by atoms with E-state index in [1.54, 1.807) is 18.2 Å². The molecule has 0 spiro atoms. The number of para-hydroxylation sites is 1. The van der Waals surface area contributed by atoms with E-state index in [-0.39, 0.29) is 0 Å². The van der Waals surface area contributed by atoms with Gasteiger partial charge in [0.1, 0.15) is 12.4 Å². The van der Waals surface area contributed by atoms with E-state index < -0.39 is 5.91 Å². The molecule has 1 amide bonds. The van der Waals surface area contributed by atoms with Gasteiger partial charge < -0.3 is 10.5 Å². The summed E-state index contributed by atoms with van der Waals surface area (Å²) in [5.41, 5.74) is 6.39. The average Bonchev–Trinajstić information content (AvgIpc) is 2.39. The quantitative estimate of drug-likeness (QED) is 0.815. The molecule has 19 heavy (non-hydrogen) atoms. The molecule has 0 unspecified atom stereocenters. The Morgan fingerprint density at radius 2 is 2.00 bits per heavy atom. The summed E-state index contributed by atoms with van der Waals surface area (Å²) >= 11 is 8.30. The van der Waals surface area contributed by atoms with E-state index in [0.717, 1.165) is 14.9 Å². The van der Waals surface area contributed by atoms with Crippen molar-refractivity contribution in [3.63, 3.8) is 0 Å². The van der Waals surface area contributed by atoms with Gasteiger partial charge in [-0.3, -0.25) is 4.79 Å². The Kier molecular flexibility index (Phi) is 4.66. The zero-order chi connectivity index (χ0) is 13.8. The predicted molar refractivity (Wildman–Crippen MR) is 83.5 cm³/mol. The monoisotopic (exact) mass is 387 g/mol. The first-order valence-electron chi connectivity index (χ1n) is 5.53. The number of primary amides is 1. The van der Waals surface area contributed by atoms with Crippen LogP contribution in [0.1, 0.15) is 15.9 Å². The van der Waals surface area contributed by atoms with Crippen LogP contribution in [0.25, 0.3) is 0 Å². The summed E-state index contributed by atoms with van der Waals surface area (Å²) in [6, 6.07) is 12.7. The minimum Gasteiger partial charge on any atom is -0.488 e. The lowest BCUT2D eigenvalue weighted by Gasteiger charge is -2.09. The molecular formula is C14H11ClINO2. The minimum atomic E-state index is -0.494. The third-order valence-corrected chi connectivity index (χ3v) is 3.80. The lowest BCUT2D eigenvalue weighted by Crippen LogP contribution is -2.11. The number of halogens is 2. The zero-order valence-corrected chi connectivity index (χ0v) is 12.8. The molecular weight excluding hydrogens is 377 g/mol. The van der Waals surface area contributed by atoms with Crippen molar-refractivity contribution in [2.75, 3.05) is 0 Å². The summed E-state index contributed by atoms with van der Waals surface area (Å²) in [7, 11) is 0. The first-order chi connectivity index (χ1) is 9.08. The number of carbonyl (C=O) groups excluding carboxylic acids is 1. The minimum absolute atomic E-state index is 0.345. The Morgan fingerprint density at radius 3 is 2.63 bits per heavy atom. The summed E-state index contributed by atoms with van der Waals surface area (Å²) in [6.45, 7) is 0.345. The van der Waals surface area contributed by atoms with Crippen molar-refractivity contribution in [2.24, 2.45) is 5.73 Å². The zero-order valence-electron chi connectivity index (χ0n) is 9.90. The molecule has 2 aromatic rings. The van der Waals surface area contributed by atoms with Crippen LogP contribution in [0.15, 0.2) is 42.5 Å². The normalized spacial score (nSPS) is 10.2. The van der Waals surface area contributed by atoms with Crippen LogP contribution >= 0.6 is 34.2 Å². The Morgan fingerprint density at radius 1 is 1.26 bits per heavy atom. The Labute approximate surface area is 129 Å². The summed E-state index contributed by atoms with van der Waals surface area (Å²) in [5, 5.41) is 0.474. The van der Waals surface area contributed by atoms with Gasteiger partial charge >= 0.3 is 0 Å². The lowest BCUT2D eigenvalue weighted by atomic mass is 10.1. The fourth-order valence-electron chi connectivity index (χ4n) is 1.53. The van der Waals surface area contributed by atoms with Crippen molar-refractivity contribution < 1.29 is 9.53 Å².